The summed E-state index contributed by atoms with van der Waals surface area (Å²) in [6.07, 6.45) is 2.41. The molecule has 1 aromatic rings. The number of carbonyl (C=O) groups is 1. The number of carbonyl (C=O) groups excluding carboxylic acids is 1. The molecule has 0 aromatic heterocycles. The molecule has 0 saturated carbocycles. The number of hydrogen-bond donors (Lipinski definition) is 5. The first-order valence-corrected chi connectivity index (χ1v) is 9.08. The van der Waals surface area contributed by atoms with Crippen molar-refractivity contribution in [1.29, 1.82) is 0 Å². The smallest absolute Gasteiger partial charge is 0.237 e. The molecule has 1 rings (SSSR count). The summed E-state index contributed by atoms with van der Waals surface area (Å²) in [5, 5.41) is 2.78. The van der Waals surface area contributed by atoms with E-state index in [4.69, 9.17) is 16.2 Å². The van der Waals surface area contributed by atoms with E-state index >= 15 is 0 Å². The van der Waals surface area contributed by atoms with Gasteiger partial charge in [0.1, 0.15) is 12.4 Å². The molecule has 0 aliphatic heterocycles. The molecular weight excluding hydrogens is 330 g/mol. The highest BCUT2D eigenvalue weighted by molar-refractivity contribution is 7.79. The molecule has 5 N–H and O–H groups in total. The van der Waals surface area contributed by atoms with E-state index in [1.807, 2.05) is 18.2 Å². The van der Waals surface area contributed by atoms with E-state index in [-0.39, 0.29) is 5.91 Å². The van der Waals surface area contributed by atoms with Crippen LogP contribution in [0.2, 0.25) is 0 Å². The molecule has 0 bridgehead atoms. The highest BCUT2D eigenvalue weighted by Gasteiger charge is 2.12. The molecule has 0 aliphatic carbocycles. The highest BCUT2D eigenvalue weighted by Crippen LogP contribution is 2.20. The minimum Gasteiger partial charge on any atom is -0.492 e. The van der Waals surface area contributed by atoms with Gasteiger partial charge in [0.05, 0.1) is 12.6 Å². The second kappa shape index (κ2) is 11.6. The van der Waals surface area contributed by atoms with Gasteiger partial charge >= 0.3 is 0 Å². The Bertz CT molecular complexity index is 486. The lowest BCUT2D eigenvalue weighted by molar-refractivity contribution is -0.122. The number of benzene rings is 1. The van der Waals surface area contributed by atoms with Crippen LogP contribution in [0.1, 0.15) is 30.4 Å². The van der Waals surface area contributed by atoms with Crippen molar-refractivity contribution in [2.24, 2.45) is 11.5 Å². The molecule has 0 saturated heterocycles. The van der Waals surface area contributed by atoms with Crippen molar-refractivity contribution in [3.63, 3.8) is 0 Å². The maximum Gasteiger partial charge on any atom is 0.237 e. The highest BCUT2D eigenvalue weighted by atomic mass is 32.1. The Morgan fingerprint density at radius 1 is 1.22 bits per heavy atom. The van der Waals surface area contributed by atoms with Gasteiger partial charge in [0.25, 0.3) is 0 Å². The van der Waals surface area contributed by atoms with Crippen LogP contribution >= 0.6 is 25.3 Å². The number of thiol groups is 2. The van der Waals surface area contributed by atoms with E-state index in [1.54, 1.807) is 0 Å². The number of nitrogens with one attached hydrogen (secondary N) is 1. The topological polar surface area (TPSA) is 90.4 Å². The van der Waals surface area contributed by atoms with Gasteiger partial charge in [-0.2, -0.15) is 25.3 Å². The first kappa shape index (κ1) is 20.2. The quantitative estimate of drug-likeness (QED) is 0.307. The average Bonchev–Trinajstić information content (AvgIpc) is 2.58. The molecule has 1 atom stereocenters. The van der Waals surface area contributed by atoms with E-state index < -0.39 is 6.04 Å². The first-order chi connectivity index (χ1) is 11.1. The molecule has 5 nitrogen and oxygen atoms in total. The summed E-state index contributed by atoms with van der Waals surface area (Å²) in [7, 11) is 0. The van der Waals surface area contributed by atoms with Gasteiger partial charge in [-0.15, -0.1) is 0 Å². The number of unbranched alkanes of at least 4 members (excludes halogenated alkanes) is 1. The molecule has 7 heteroatoms. The normalized spacial score (nSPS) is 12.0. The summed E-state index contributed by atoms with van der Waals surface area (Å²) >= 11 is 8.59. The minimum atomic E-state index is -0.480. The third-order valence-corrected chi connectivity index (χ3v) is 4.18. The molecule has 0 unspecified atom stereocenters. The Labute approximate surface area is 149 Å². The standard InChI is InChI=1S/C16H27N3O2S2/c17-6-2-1-3-15(18)16(20)19-7-8-21-14-5-4-12(10-22)13(9-14)11-23/h4-5,9,15,22-23H,1-3,6-8,10-11,17-18H2,(H,19,20)/t15-/m0/s1. The molecule has 0 spiro atoms. The Balaban J connectivity index is 2.30. The maximum atomic E-state index is 11.8. The third-order valence-electron chi connectivity index (χ3n) is 3.49. The Morgan fingerprint density at radius 3 is 2.61 bits per heavy atom. The Hall–Kier alpha value is -0.890. The van der Waals surface area contributed by atoms with Crippen molar-refractivity contribution in [2.45, 2.75) is 36.8 Å². The van der Waals surface area contributed by atoms with Crippen molar-refractivity contribution in [2.75, 3.05) is 19.7 Å². The van der Waals surface area contributed by atoms with E-state index in [9.17, 15) is 4.79 Å². The fraction of sp³-hybridized carbons (Fsp3) is 0.562. The molecule has 1 amide bonds. The van der Waals surface area contributed by atoms with Crippen molar-refractivity contribution in [1.82, 2.24) is 5.32 Å². The number of rotatable bonds is 11. The van der Waals surface area contributed by atoms with Crippen molar-refractivity contribution in [3.05, 3.63) is 29.3 Å². The van der Waals surface area contributed by atoms with Crippen LogP contribution in [-0.4, -0.2) is 31.6 Å². The average molecular weight is 358 g/mol. The Kier molecular flexibility index (Phi) is 10.2. The lowest BCUT2D eigenvalue weighted by Gasteiger charge is -2.13. The lowest BCUT2D eigenvalue weighted by atomic mass is 10.1. The summed E-state index contributed by atoms with van der Waals surface area (Å²) in [5.41, 5.74) is 13.5. The third kappa shape index (κ3) is 7.48. The zero-order valence-electron chi connectivity index (χ0n) is 13.3. The SMILES string of the molecule is NCCCC[C@H](N)C(=O)NCCOc1ccc(CS)c(CS)c1. The number of hydrogen-bond acceptors (Lipinski definition) is 6. The fourth-order valence-electron chi connectivity index (χ4n) is 2.11. The van der Waals surface area contributed by atoms with Crippen LogP contribution in [0, 0.1) is 0 Å². The monoisotopic (exact) mass is 357 g/mol. The molecule has 23 heavy (non-hydrogen) atoms. The van der Waals surface area contributed by atoms with E-state index in [0.29, 0.717) is 37.6 Å². The van der Waals surface area contributed by atoms with Gasteiger partial charge in [0.2, 0.25) is 5.91 Å². The van der Waals surface area contributed by atoms with Gasteiger partial charge in [0, 0.05) is 11.5 Å². The summed E-state index contributed by atoms with van der Waals surface area (Å²) < 4.78 is 5.65. The van der Waals surface area contributed by atoms with E-state index in [0.717, 1.165) is 29.7 Å². The van der Waals surface area contributed by atoms with Crippen LogP contribution in [0.15, 0.2) is 18.2 Å². The van der Waals surface area contributed by atoms with Crippen LogP contribution in [-0.2, 0) is 16.3 Å². The van der Waals surface area contributed by atoms with Crippen LogP contribution in [0.25, 0.3) is 0 Å². The summed E-state index contributed by atoms with van der Waals surface area (Å²) in [5.74, 6) is 1.93. The zero-order valence-corrected chi connectivity index (χ0v) is 15.1. The predicted molar refractivity (Wildman–Crippen MR) is 101 cm³/mol. The van der Waals surface area contributed by atoms with Gasteiger partial charge < -0.3 is 21.5 Å². The van der Waals surface area contributed by atoms with Crippen LogP contribution in [0.4, 0.5) is 0 Å². The van der Waals surface area contributed by atoms with Crippen LogP contribution in [0.5, 0.6) is 5.75 Å². The van der Waals surface area contributed by atoms with Crippen molar-refractivity contribution < 1.29 is 9.53 Å². The molecular formula is C16H27N3O2S2. The first-order valence-electron chi connectivity index (χ1n) is 7.82. The molecule has 0 fully saturated rings. The molecule has 1 aromatic carbocycles. The van der Waals surface area contributed by atoms with Crippen LogP contribution < -0.4 is 21.5 Å². The van der Waals surface area contributed by atoms with E-state index in [1.165, 1.54) is 0 Å². The fourth-order valence-corrected chi connectivity index (χ4v) is 2.71. The summed E-state index contributed by atoms with van der Waals surface area (Å²) in [6.45, 7) is 1.45. The van der Waals surface area contributed by atoms with Gasteiger partial charge in [-0.3, -0.25) is 4.79 Å². The molecule has 0 aliphatic rings. The predicted octanol–water partition coefficient (Wildman–Crippen LogP) is 1.50. The van der Waals surface area contributed by atoms with Gasteiger partial charge in [-0.05, 0) is 42.6 Å². The Morgan fingerprint density at radius 2 is 1.96 bits per heavy atom. The zero-order chi connectivity index (χ0) is 17.1. The second-order valence-corrected chi connectivity index (χ2v) is 5.91. The summed E-state index contributed by atoms with van der Waals surface area (Å²) in [6, 6.07) is 5.37. The number of nitrogens with two attached hydrogens (primary N) is 2. The summed E-state index contributed by atoms with van der Waals surface area (Å²) in [4.78, 5) is 11.8. The van der Waals surface area contributed by atoms with Gasteiger partial charge in [-0.25, -0.2) is 0 Å². The molecule has 130 valence electrons. The minimum absolute atomic E-state index is 0.146. The van der Waals surface area contributed by atoms with Crippen LogP contribution in [0.3, 0.4) is 0 Å². The van der Waals surface area contributed by atoms with Crippen molar-refractivity contribution >= 4 is 31.2 Å². The number of amides is 1. The molecule has 0 radical (unpaired) electrons. The second-order valence-electron chi connectivity index (χ2n) is 5.28. The van der Waals surface area contributed by atoms with Crippen molar-refractivity contribution in [3.8, 4) is 5.75 Å². The maximum absolute atomic E-state index is 11.8. The van der Waals surface area contributed by atoms with E-state index in [2.05, 4.69) is 30.6 Å². The number of ether oxygens (including phenoxy) is 1. The molecule has 0 heterocycles. The lowest BCUT2D eigenvalue weighted by Crippen LogP contribution is -2.42. The van der Waals surface area contributed by atoms with Gasteiger partial charge in [-0.1, -0.05) is 12.5 Å². The largest absolute Gasteiger partial charge is 0.492 e. The van der Waals surface area contributed by atoms with Gasteiger partial charge in [0.15, 0.2) is 0 Å².